The van der Waals surface area contributed by atoms with Crippen molar-refractivity contribution < 1.29 is 33.4 Å². The number of imidazole rings is 2. The number of amides is 4. The van der Waals surface area contributed by atoms with Crippen molar-refractivity contribution in [3.63, 3.8) is 0 Å². The third-order valence-electron chi connectivity index (χ3n) is 11.9. The predicted octanol–water partition coefficient (Wildman–Crippen LogP) is 7.66. The molecule has 58 heavy (non-hydrogen) atoms. The van der Waals surface area contributed by atoms with E-state index in [0.717, 1.165) is 76.9 Å². The van der Waals surface area contributed by atoms with Crippen LogP contribution in [0.1, 0.15) is 90.0 Å². The molecule has 2 aliphatic heterocycles. The number of rotatable bonds is 13. The number of H-pyrrole nitrogens is 2. The normalized spacial score (nSPS) is 18.8. The number of hydrogen-bond donors (Lipinski definition) is 5. The van der Waals surface area contributed by atoms with Gasteiger partial charge in [-0.05, 0) is 67.3 Å². The SMILES string of the molecule is CC[C@@H](C)[C@H](NC(=O)O)C(=O)N1CCC[C@H]1c1ncc(-c2ccc3oc(-c4ccc(-c5cnc([C@@H]6CCCN6C(=O)[C@@H](NC(=O)OC)[C@H](C)CC)[nH]5)cc4)cc3c2)[nH]1. The molecule has 0 saturated carbocycles. The number of benzene rings is 2. The number of carbonyl (C=O) groups is 4. The maximum absolute atomic E-state index is 13.7. The lowest BCUT2D eigenvalue weighted by Crippen LogP contribution is -2.51. The summed E-state index contributed by atoms with van der Waals surface area (Å²) in [6.07, 6.45) is 6.27. The fraction of sp³-hybridized carbons (Fsp3) is 0.442. The number of carboxylic acid groups (broad SMARTS) is 1. The predicted molar refractivity (Wildman–Crippen MR) is 217 cm³/mol. The number of likely N-dealkylation sites (tertiary alicyclic amines) is 2. The summed E-state index contributed by atoms with van der Waals surface area (Å²) in [7, 11) is 1.29. The molecule has 0 radical (unpaired) electrons. The van der Waals surface area contributed by atoms with Crippen LogP contribution in [-0.2, 0) is 14.3 Å². The maximum Gasteiger partial charge on any atom is 0.407 e. The van der Waals surface area contributed by atoms with E-state index in [4.69, 9.17) is 9.15 Å². The molecule has 0 unspecified atom stereocenters. The van der Waals surface area contributed by atoms with Gasteiger partial charge in [0.1, 0.15) is 35.1 Å². The number of hydrogen-bond acceptors (Lipinski definition) is 8. The van der Waals surface area contributed by atoms with Gasteiger partial charge in [0.25, 0.3) is 0 Å². The second-order valence-corrected chi connectivity index (χ2v) is 15.5. The Morgan fingerprint density at radius 3 is 1.84 bits per heavy atom. The van der Waals surface area contributed by atoms with Gasteiger partial charge in [0.15, 0.2) is 0 Å². The lowest BCUT2D eigenvalue weighted by Gasteiger charge is -2.30. The minimum Gasteiger partial charge on any atom is -0.465 e. The summed E-state index contributed by atoms with van der Waals surface area (Å²) in [5.74, 6) is 1.53. The fourth-order valence-corrected chi connectivity index (χ4v) is 8.14. The molecule has 15 nitrogen and oxygen atoms in total. The van der Waals surface area contributed by atoms with Crippen molar-refractivity contribution in [3.05, 3.63) is 72.6 Å². The van der Waals surface area contributed by atoms with E-state index in [9.17, 15) is 24.3 Å². The Bertz CT molecular complexity index is 2260. The van der Waals surface area contributed by atoms with Gasteiger partial charge in [-0.2, -0.15) is 0 Å². The number of methoxy groups -OCH3 is 1. The molecule has 306 valence electrons. The Morgan fingerprint density at radius 1 is 0.793 bits per heavy atom. The van der Waals surface area contributed by atoms with E-state index < -0.39 is 24.3 Å². The van der Waals surface area contributed by atoms with E-state index >= 15 is 0 Å². The topological polar surface area (TPSA) is 199 Å². The Kier molecular flexibility index (Phi) is 11.9. The first kappa shape index (κ1) is 40.1. The first-order valence-electron chi connectivity index (χ1n) is 20.2. The van der Waals surface area contributed by atoms with E-state index in [-0.39, 0.29) is 35.7 Å². The molecule has 6 atom stereocenters. The molecule has 2 fully saturated rings. The Hall–Kier alpha value is -6.12. The van der Waals surface area contributed by atoms with Crippen LogP contribution in [0.4, 0.5) is 9.59 Å². The van der Waals surface area contributed by atoms with Gasteiger partial charge in [-0.1, -0.05) is 64.8 Å². The molecule has 2 aromatic carbocycles. The number of fused-ring (bicyclic) bond motifs is 1. The molecule has 4 amide bonds. The van der Waals surface area contributed by atoms with Crippen LogP contribution in [0, 0.1) is 11.8 Å². The van der Waals surface area contributed by atoms with Gasteiger partial charge < -0.3 is 44.7 Å². The second-order valence-electron chi connectivity index (χ2n) is 15.5. The zero-order valence-corrected chi connectivity index (χ0v) is 33.6. The van der Waals surface area contributed by atoms with Gasteiger partial charge in [-0.25, -0.2) is 19.6 Å². The van der Waals surface area contributed by atoms with E-state index in [1.54, 1.807) is 17.3 Å². The minimum absolute atomic E-state index is 0.0643. The molecule has 2 aliphatic rings. The Balaban J connectivity index is 1.04. The van der Waals surface area contributed by atoms with Crippen LogP contribution in [0.2, 0.25) is 0 Å². The lowest BCUT2D eigenvalue weighted by atomic mass is 9.97. The molecule has 2 saturated heterocycles. The number of nitrogens with one attached hydrogen (secondary N) is 4. The number of carbonyl (C=O) groups excluding carboxylic acids is 3. The van der Waals surface area contributed by atoms with Crippen molar-refractivity contribution in [2.75, 3.05) is 20.2 Å². The number of furan rings is 1. The third-order valence-corrected chi connectivity index (χ3v) is 11.9. The highest BCUT2D eigenvalue weighted by atomic mass is 16.5. The van der Waals surface area contributed by atoms with E-state index in [1.807, 2.05) is 81.1 Å². The molecule has 0 bridgehead atoms. The summed E-state index contributed by atoms with van der Waals surface area (Å²) in [6.45, 7) is 8.89. The third kappa shape index (κ3) is 8.16. The number of nitrogens with zero attached hydrogens (tertiary/aromatic N) is 4. The van der Waals surface area contributed by atoms with Gasteiger partial charge in [-0.3, -0.25) is 9.59 Å². The average Bonchev–Trinajstić information content (AvgIpc) is 4.09. The summed E-state index contributed by atoms with van der Waals surface area (Å²) in [4.78, 5) is 70.6. The van der Waals surface area contributed by atoms with Crippen molar-refractivity contribution in [2.45, 2.75) is 90.4 Å². The maximum atomic E-state index is 13.7. The first-order chi connectivity index (χ1) is 28.0. The molecule has 0 spiro atoms. The number of alkyl carbamates (subject to hydrolysis) is 1. The van der Waals surface area contributed by atoms with Crippen LogP contribution in [0.15, 0.2) is 65.3 Å². The fourth-order valence-electron chi connectivity index (χ4n) is 8.14. The Morgan fingerprint density at radius 2 is 1.31 bits per heavy atom. The van der Waals surface area contributed by atoms with E-state index in [0.29, 0.717) is 31.2 Å². The highest BCUT2D eigenvalue weighted by Gasteiger charge is 2.39. The van der Waals surface area contributed by atoms with Crippen molar-refractivity contribution >= 4 is 35.0 Å². The summed E-state index contributed by atoms with van der Waals surface area (Å²) in [5.41, 5.74) is 5.14. The number of aromatic nitrogens is 4. The summed E-state index contributed by atoms with van der Waals surface area (Å²) < 4.78 is 11.1. The zero-order chi connectivity index (χ0) is 41.1. The van der Waals surface area contributed by atoms with Crippen LogP contribution >= 0.6 is 0 Å². The van der Waals surface area contributed by atoms with Gasteiger partial charge in [0.2, 0.25) is 11.8 Å². The van der Waals surface area contributed by atoms with Gasteiger partial charge >= 0.3 is 12.2 Å². The summed E-state index contributed by atoms with van der Waals surface area (Å²) in [5, 5.41) is 15.5. The van der Waals surface area contributed by atoms with Crippen LogP contribution < -0.4 is 10.6 Å². The van der Waals surface area contributed by atoms with Crippen LogP contribution in [-0.4, -0.2) is 91.1 Å². The smallest absolute Gasteiger partial charge is 0.407 e. The highest BCUT2D eigenvalue weighted by Crippen LogP contribution is 2.36. The molecule has 3 aromatic heterocycles. The summed E-state index contributed by atoms with van der Waals surface area (Å²) in [6, 6.07) is 14.0. The van der Waals surface area contributed by atoms with Gasteiger partial charge in [-0.15, -0.1) is 0 Å². The molecule has 15 heteroatoms. The molecule has 5 N–H and O–H groups in total. The van der Waals surface area contributed by atoms with Crippen LogP contribution in [0.3, 0.4) is 0 Å². The average molecular weight is 793 g/mol. The zero-order valence-electron chi connectivity index (χ0n) is 33.6. The number of aromatic amines is 2. The standard InChI is InChI=1S/C43H52N8O7/c1-6-24(3)36(48-42(54)55)40(52)50-18-8-11-33(50)39-45-23-31(47-39)28-16-17-34-29(20-28)21-35(58-34)27-14-12-26(13-15-27)30-22-44-38(46-30)32-10-9-19-51(32)41(53)37(25(4)7-2)49-43(56)57-5/h12-17,20-25,32-33,36-37,48H,6-11,18-19H2,1-5H3,(H,44,46)(H,45,47)(H,49,56)(H,54,55)/t24-,25-,32+,33+,36+,37+/m1/s1. The van der Waals surface area contributed by atoms with Gasteiger partial charge in [0, 0.05) is 29.6 Å². The molecule has 5 aromatic rings. The second kappa shape index (κ2) is 17.2. The van der Waals surface area contributed by atoms with E-state index in [1.165, 1.54) is 7.11 Å². The van der Waals surface area contributed by atoms with Gasteiger partial charge in [0.05, 0.1) is 43.0 Å². The first-order valence-corrected chi connectivity index (χ1v) is 20.2. The van der Waals surface area contributed by atoms with Crippen molar-refractivity contribution in [1.29, 1.82) is 0 Å². The van der Waals surface area contributed by atoms with Crippen molar-refractivity contribution in [2.24, 2.45) is 11.8 Å². The monoisotopic (exact) mass is 792 g/mol. The lowest BCUT2D eigenvalue weighted by molar-refractivity contribution is -0.136. The van der Waals surface area contributed by atoms with Crippen molar-refractivity contribution in [3.8, 4) is 33.8 Å². The molecule has 7 rings (SSSR count). The van der Waals surface area contributed by atoms with E-state index in [2.05, 4.69) is 30.6 Å². The largest absolute Gasteiger partial charge is 0.465 e. The Labute approximate surface area is 336 Å². The van der Waals surface area contributed by atoms with Crippen LogP contribution in [0.5, 0.6) is 0 Å². The number of ether oxygens (including phenoxy) is 1. The molecule has 0 aliphatic carbocycles. The summed E-state index contributed by atoms with van der Waals surface area (Å²) >= 11 is 0. The minimum atomic E-state index is -1.21. The highest BCUT2D eigenvalue weighted by molar-refractivity contribution is 5.88. The van der Waals surface area contributed by atoms with Crippen molar-refractivity contribution in [1.82, 2.24) is 40.4 Å². The molecule has 5 heterocycles. The quantitative estimate of drug-likeness (QED) is 0.0794. The molecular formula is C43H52N8O7. The van der Waals surface area contributed by atoms with Crippen LogP contribution in [0.25, 0.3) is 44.8 Å². The molecular weight excluding hydrogens is 741 g/mol.